The molecule has 1 fully saturated rings. The van der Waals surface area contributed by atoms with E-state index in [1.165, 1.54) is 31.9 Å². The van der Waals surface area contributed by atoms with Crippen molar-refractivity contribution in [2.45, 2.75) is 24.5 Å². The molecule has 0 bridgehead atoms. The molecule has 19 heavy (non-hydrogen) atoms. The molecule has 0 spiro atoms. The summed E-state index contributed by atoms with van der Waals surface area (Å²) in [4.78, 5) is 15.7. The van der Waals surface area contributed by atoms with Crippen molar-refractivity contribution in [3.05, 3.63) is 17.8 Å². The fraction of sp³-hybridized carbons (Fsp3) is 0.538. The summed E-state index contributed by atoms with van der Waals surface area (Å²) in [6.45, 7) is 3.07. The van der Waals surface area contributed by atoms with E-state index in [0.29, 0.717) is 17.1 Å². The highest BCUT2D eigenvalue weighted by molar-refractivity contribution is 8.00. The molecule has 2 heterocycles. The van der Waals surface area contributed by atoms with Crippen molar-refractivity contribution in [1.29, 1.82) is 0 Å². The highest BCUT2D eigenvalue weighted by Crippen LogP contribution is 2.37. The molecular formula is C13H19N3O2S. The first-order valence-corrected chi connectivity index (χ1v) is 7.24. The van der Waals surface area contributed by atoms with Crippen molar-refractivity contribution in [3.63, 3.8) is 0 Å². The number of nitrogens with two attached hydrogens (primary N) is 1. The number of aromatic nitrogens is 1. The lowest BCUT2D eigenvalue weighted by atomic mass is 10.1. The Morgan fingerprint density at radius 3 is 3.11 bits per heavy atom. The summed E-state index contributed by atoms with van der Waals surface area (Å²) in [5.41, 5.74) is 6.40. The summed E-state index contributed by atoms with van der Waals surface area (Å²) in [6, 6.07) is 1.64. The van der Waals surface area contributed by atoms with Crippen molar-refractivity contribution in [2.24, 2.45) is 0 Å². The van der Waals surface area contributed by atoms with E-state index < -0.39 is 5.97 Å². The Kier molecular flexibility index (Phi) is 4.19. The van der Waals surface area contributed by atoms with Gasteiger partial charge in [-0.3, -0.25) is 0 Å². The zero-order valence-electron chi connectivity index (χ0n) is 11.2. The lowest BCUT2D eigenvalue weighted by Crippen LogP contribution is -2.27. The van der Waals surface area contributed by atoms with Crippen molar-refractivity contribution in [1.82, 2.24) is 4.98 Å². The molecule has 3 N–H and O–H groups in total. The molecule has 0 saturated carbocycles. The third-order valence-corrected chi connectivity index (χ3v) is 4.82. The van der Waals surface area contributed by atoms with Crippen LogP contribution in [0.4, 0.5) is 11.5 Å². The smallest absolute Gasteiger partial charge is 0.340 e. The van der Waals surface area contributed by atoms with E-state index in [0.717, 1.165) is 6.54 Å². The Morgan fingerprint density at radius 1 is 1.68 bits per heavy atom. The lowest BCUT2D eigenvalue weighted by molar-refractivity contribution is 0.0602. The van der Waals surface area contributed by atoms with Gasteiger partial charge >= 0.3 is 5.97 Å². The third kappa shape index (κ3) is 3.32. The number of anilines is 2. The van der Waals surface area contributed by atoms with Crippen LogP contribution in [-0.4, -0.2) is 35.1 Å². The van der Waals surface area contributed by atoms with Gasteiger partial charge in [-0.05, 0) is 31.6 Å². The van der Waals surface area contributed by atoms with Crippen molar-refractivity contribution in [2.75, 3.05) is 30.5 Å². The second-order valence-corrected chi connectivity index (χ2v) is 6.59. The molecule has 1 saturated heterocycles. The average molecular weight is 281 g/mol. The van der Waals surface area contributed by atoms with Crippen molar-refractivity contribution < 1.29 is 9.53 Å². The number of carbonyl (C=O) groups is 1. The van der Waals surface area contributed by atoms with Crippen LogP contribution in [0.2, 0.25) is 0 Å². The van der Waals surface area contributed by atoms with E-state index in [1.54, 1.807) is 6.07 Å². The first kappa shape index (κ1) is 14.0. The molecule has 1 atom stereocenters. The van der Waals surface area contributed by atoms with Crippen LogP contribution in [0.25, 0.3) is 0 Å². The molecule has 0 radical (unpaired) electrons. The molecule has 2 rings (SSSR count). The normalized spacial score (nSPS) is 22.2. The highest BCUT2D eigenvalue weighted by Gasteiger charge is 2.29. The second kappa shape index (κ2) is 5.69. The fourth-order valence-corrected chi connectivity index (χ4v) is 3.35. The predicted octanol–water partition coefficient (Wildman–Crippen LogP) is 2.15. The molecule has 1 aliphatic heterocycles. The topological polar surface area (TPSA) is 77.2 Å². The molecule has 104 valence electrons. The van der Waals surface area contributed by atoms with Gasteiger partial charge in [-0.2, -0.15) is 11.8 Å². The van der Waals surface area contributed by atoms with Crippen molar-refractivity contribution >= 4 is 29.2 Å². The van der Waals surface area contributed by atoms with E-state index in [1.807, 2.05) is 11.8 Å². The van der Waals surface area contributed by atoms with E-state index in [-0.39, 0.29) is 4.75 Å². The zero-order chi connectivity index (χ0) is 13.9. The van der Waals surface area contributed by atoms with Crippen LogP contribution in [0.5, 0.6) is 0 Å². The van der Waals surface area contributed by atoms with Crippen LogP contribution < -0.4 is 11.1 Å². The third-order valence-electron chi connectivity index (χ3n) is 3.28. The number of ether oxygens (including phenoxy) is 1. The Hall–Kier alpha value is -1.43. The van der Waals surface area contributed by atoms with Gasteiger partial charge in [0.05, 0.1) is 24.6 Å². The number of esters is 1. The standard InChI is InChI=1S/C13H19N3O2S/c1-13(4-3-5-19-13)8-16-11-6-9(12(17)18-2)10(14)7-15-11/h6-7H,3-5,8,14H2,1-2H3,(H,15,16). The number of thioether (sulfide) groups is 1. The van der Waals surface area contributed by atoms with Gasteiger partial charge in [0.15, 0.2) is 0 Å². The summed E-state index contributed by atoms with van der Waals surface area (Å²) in [5.74, 6) is 1.42. The van der Waals surface area contributed by atoms with Gasteiger partial charge < -0.3 is 15.8 Å². The molecule has 0 aromatic carbocycles. The number of nitrogens with one attached hydrogen (secondary N) is 1. The van der Waals surface area contributed by atoms with Crippen LogP contribution in [-0.2, 0) is 4.74 Å². The van der Waals surface area contributed by atoms with Crippen LogP contribution >= 0.6 is 11.8 Å². The Labute approximate surface area is 117 Å². The maximum atomic E-state index is 11.5. The Morgan fingerprint density at radius 2 is 2.47 bits per heavy atom. The first-order chi connectivity index (χ1) is 9.04. The predicted molar refractivity (Wildman–Crippen MR) is 78.6 cm³/mol. The number of pyridine rings is 1. The number of carbonyl (C=O) groups excluding carboxylic acids is 1. The number of nitrogens with zero attached hydrogens (tertiary/aromatic N) is 1. The summed E-state index contributed by atoms with van der Waals surface area (Å²) >= 11 is 1.98. The van der Waals surface area contributed by atoms with E-state index in [9.17, 15) is 4.79 Å². The maximum Gasteiger partial charge on any atom is 0.340 e. The average Bonchev–Trinajstić information content (AvgIpc) is 2.84. The number of methoxy groups -OCH3 is 1. The van der Waals surface area contributed by atoms with Crippen molar-refractivity contribution in [3.8, 4) is 0 Å². The molecule has 1 aromatic heterocycles. The molecule has 1 aliphatic rings. The molecule has 5 nitrogen and oxygen atoms in total. The van der Waals surface area contributed by atoms with Gasteiger partial charge in [-0.1, -0.05) is 0 Å². The molecule has 0 aliphatic carbocycles. The van der Waals surface area contributed by atoms with Gasteiger partial charge in [0.1, 0.15) is 5.82 Å². The van der Waals surface area contributed by atoms with Gasteiger partial charge in [-0.25, -0.2) is 9.78 Å². The number of hydrogen-bond donors (Lipinski definition) is 2. The summed E-state index contributed by atoms with van der Waals surface area (Å²) < 4.78 is 4.94. The minimum Gasteiger partial charge on any atom is -0.465 e. The number of hydrogen-bond acceptors (Lipinski definition) is 6. The molecule has 6 heteroatoms. The summed E-state index contributed by atoms with van der Waals surface area (Å²) in [6.07, 6.45) is 3.94. The van der Waals surface area contributed by atoms with Crippen LogP contribution in [0.1, 0.15) is 30.1 Å². The SMILES string of the molecule is COC(=O)c1cc(NCC2(C)CCCS2)ncc1N. The van der Waals surface area contributed by atoms with E-state index in [4.69, 9.17) is 10.5 Å². The monoisotopic (exact) mass is 281 g/mol. The van der Waals surface area contributed by atoms with E-state index >= 15 is 0 Å². The van der Waals surface area contributed by atoms with Gasteiger partial charge in [-0.15, -0.1) is 0 Å². The van der Waals surface area contributed by atoms with Gasteiger partial charge in [0.2, 0.25) is 0 Å². The van der Waals surface area contributed by atoms with E-state index in [2.05, 4.69) is 17.2 Å². The highest BCUT2D eigenvalue weighted by atomic mass is 32.2. The summed E-state index contributed by atoms with van der Waals surface area (Å²) in [7, 11) is 1.34. The number of rotatable bonds is 4. The van der Waals surface area contributed by atoms with Gasteiger partial charge in [0, 0.05) is 11.3 Å². The lowest BCUT2D eigenvalue weighted by Gasteiger charge is -2.23. The fourth-order valence-electron chi connectivity index (χ4n) is 2.10. The second-order valence-electron chi connectivity index (χ2n) is 4.90. The minimum atomic E-state index is -0.440. The maximum absolute atomic E-state index is 11.5. The Bertz CT molecular complexity index is 473. The quantitative estimate of drug-likeness (QED) is 0.823. The molecular weight excluding hydrogens is 262 g/mol. The van der Waals surface area contributed by atoms with Crippen LogP contribution in [0.15, 0.2) is 12.3 Å². The molecule has 1 aromatic rings. The van der Waals surface area contributed by atoms with Gasteiger partial charge in [0.25, 0.3) is 0 Å². The molecule has 0 amide bonds. The Balaban J connectivity index is 2.06. The summed E-state index contributed by atoms with van der Waals surface area (Å²) in [5, 5.41) is 3.28. The minimum absolute atomic E-state index is 0.245. The van der Waals surface area contributed by atoms with Crippen LogP contribution in [0.3, 0.4) is 0 Å². The molecule has 1 unspecified atom stereocenters. The zero-order valence-corrected chi connectivity index (χ0v) is 12.0. The van der Waals surface area contributed by atoms with Crippen LogP contribution in [0, 0.1) is 0 Å². The first-order valence-electron chi connectivity index (χ1n) is 6.26. The largest absolute Gasteiger partial charge is 0.465 e. The number of nitrogen functional groups attached to an aromatic ring is 1.